The van der Waals surface area contributed by atoms with Crippen molar-refractivity contribution in [2.45, 2.75) is 13.3 Å². The molecule has 0 fully saturated rings. The van der Waals surface area contributed by atoms with Gasteiger partial charge in [-0.05, 0) is 37.2 Å². The van der Waals surface area contributed by atoms with E-state index in [1.807, 2.05) is 0 Å². The number of hydrogen-bond acceptors (Lipinski definition) is 4. The second kappa shape index (κ2) is 7.86. The Balaban J connectivity index is 2.45. The van der Waals surface area contributed by atoms with Crippen LogP contribution in [0.5, 0.6) is 0 Å². The highest BCUT2D eigenvalue weighted by Crippen LogP contribution is 2.10. The van der Waals surface area contributed by atoms with Crippen LogP contribution in [-0.4, -0.2) is 40.2 Å². The average Bonchev–Trinajstić information content (AvgIpc) is 2.37. The van der Waals surface area contributed by atoms with Gasteiger partial charge in [-0.2, -0.15) is 0 Å². The van der Waals surface area contributed by atoms with Crippen LogP contribution in [0, 0.1) is 0 Å². The molecule has 0 aromatic heterocycles. The second-order valence-electron chi connectivity index (χ2n) is 4.46. The average molecular weight is 299 g/mol. The summed E-state index contributed by atoms with van der Waals surface area (Å²) in [6, 6.07) is 6.29. The molecule has 7 heteroatoms. The quantitative estimate of drug-likeness (QED) is 0.619. The normalized spacial score (nSPS) is 11.1. The van der Waals surface area contributed by atoms with Crippen LogP contribution in [0.25, 0.3) is 0 Å². The van der Waals surface area contributed by atoms with Crippen LogP contribution >= 0.6 is 0 Å². The molecule has 1 amide bonds. The van der Waals surface area contributed by atoms with Crippen molar-refractivity contribution >= 4 is 21.6 Å². The van der Waals surface area contributed by atoms with Crippen molar-refractivity contribution in [2.75, 3.05) is 30.6 Å². The fraction of sp³-hybridized carbons (Fsp3) is 0.462. The lowest BCUT2D eigenvalue weighted by Crippen LogP contribution is -2.32. The van der Waals surface area contributed by atoms with Crippen molar-refractivity contribution in [3.05, 3.63) is 29.8 Å². The molecule has 0 heterocycles. The summed E-state index contributed by atoms with van der Waals surface area (Å²) in [4.78, 5) is 11.8. The number of nitrogens with one attached hydrogen (secondary N) is 3. The van der Waals surface area contributed by atoms with E-state index in [9.17, 15) is 13.2 Å². The topological polar surface area (TPSA) is 87.3 Å². The monoisotopic (exact) mass is 299 g/mol. The predicted octanol–water partition coefficient (Wildman–Crippen LogP) is 0.787. The highest BCUT2D eigenvalue weighted by Gasteiger charge is 2.06. The summed E-state index contributed by atoms with van der Waals surface area (Å²) < 4.78 is 24.4. The van der Waals surface area contributed by atoms with Gasteiger partial charge in [-0.3, -0.25) is 9.52 Å². The lowest BCUT2D eigenvalue weighted by molar-refractivity contribution is 0.0954. The maximum atomic E-state index is 11.8. The molecule has 1 aromatic carbocycles. The second-order valence-corrected chi connectivity index (χ2v) is 6.21. The highest BCUT2D eigenvalue weighted by atomic mass is 32.2. The van der Waals surface area contributed by atoms with E-state index in [1.54, 1.807) is 24.3 Å². The molecule has 0 bridgehead atoms. The largest absolute Gasteiger partial charge is 0.351 e. The molecule has 1 rings (SSSR count). The van der Waals surface area contributed by atoms with E-state index < -0.39 is 10.0 Å². The van der Waals surface area contributed by atoms with Crippen LogP contribution in [0.2, 0.25) is 0 Å². The summed E-state index contributed by atoms with van der Waals surface area (Å²) in [5.74, 6) is -0.172. The first kappa shape index (κ1) is 16.5. The van der Waals surface area contributed by atoms with Gasteiger partial charge in [-0.15, -0.1) is 0 Å². The van der Waals surface area contributed by atoms with Gasteiger partial charge in [0.05, 0.1) is 6.26 Å². The van der Waals surface area contributed by atoms with E-state index in [0.29, 0.717) is 17.8 Å². The van der Waals surface area contributed by atoms with E-state index in [0.717, 1.165) is 25.8 Å². The van der Waals surface area contributed by atoms with Crippen LogP contribution < -0.4 is 15.4 Å². The molecule has 0 aliphatic rings. The Bertz CT molecular complexity index is 526. The minimum absolute atomic E-state index is 0.172. The Morgan fingerprint density at radius 2 is 1.75 bits per heavy atom. The molecule has 0 atom stereocenters. The van der Waals surface area contributed by atoms with Gasteiger partial charge in [0.2, 0.25) is 10.0 Å². The fourth-order valence-corrected chi connectivity index (χ4v) is 2.14. The summed E-state index contributed by atoms with van der Waals surface area (Å²) in [5.41, 5.74) is 0.938. The third kappa shape index (κ3) is 6.53. The summed E-state index contributed by atoms with van der Waals surface area (Å²) >= 11 is 0. The Hall–Kier alpha value is -1.60. The van der Waals surface area contributed by atoms with Crippen molar-refractivity contribution in [1.82, 2.24) is 10.6 Å². The highest BCUT2D eigenvalue weighted by molar-refractivity contribution is 7.92. The molecule has 1 aromatic rings. The van der Waals surface area contributed by atoms with Crippen LogP contribution in [0.1, 0.15) is 23.7 Å². The molecular formula is C13H21N3O3S. The SMILES string of the molecule is CCCNCCNC(=O)c1ccc(NS(C)(=O)=O)cc1. The van der Waals surface area contributed by atoms with Gasteiger partial charge in [0.1, 0.15) is 0 Å². The Morgan fingerprint density at radius 1 is 1.10 bits per heavy atom. The number of anilines is 1. The number of amides is 1. The molecule has 6 nitrogen and oxygen atoms in total. The van der Waals surface area contributed by atoms with Crippen molar-refractivity contribution in [3.63, 3.8) is 0 Å². The molecule has 20 heavy (non-hydrogen) atoms. The number of benzene rings is 1. The third-order valence-electron chi connectivity index (χ3n) is 2.46. The zero-order valence-electron chi connectivity index (χ0n) is 11.8. The number of rotatable bonds is 8. The van der Waals surface area contributed by atoms with Crippen molar-refractivity contribution in [1.29, 1.82) is 0 Å². The molecule has 0 saturated heterocycles. The van der Waals surface area contributed by atoms with Gasteiger partial charge in [0, 0.05) is 24.3 Å². The van der Waals surface area contributed by atoms with Gasteiger partial charge in [-0.1, -0.05) is 6.92 Å². The van der Waals surface area contributed by atoms with Gasteiger partial charge < -0.3 is 10.6 Å². The first-order valence-corrected chi connectivity index (χ1v) is 8.38. The van der Waals surface area contributed by atoms with Crippen LogP contribution in [0.3, 0.4) is 0 Å². The lowest BCUT2D eigenvalue weighted by Gasteiger charge is -2.07. The maximum absolute atomic E-state index is 11.8. The van der Waals surface area contributed by atoms with Gasteiger partial charge >= 0.3 is 0 Å². The molecule has 0 unspecified atom stereocenters. The Kier molecular flexibility index (Phi) is 6.47. The first-order chi connectivity index (χ1) is 9.42. The fourth-order valence-electron chi connectivity index (χ4n) is 1.57. The van der Waals surface area contributed by atoms with Crippen molar-refractivity contribution in [2.24, 2.45) is 0 Å². The van der Waals surface area contributed by atoms with E-state index >= 15 is 0 Å². The summed E-state index contributed by atoms with van der Waals surface area (Å²) in [6.07, 6.45) is 2.14. The third-order valence-corrected chi connectivity index (χ3v) is 3.07. The van der Waals surface area contributed by atoms with Gasteiger partial charge in [0.15, 0.2) is 0 Å². The summed E-state index contributed by atoms with van der Waals surface area (Å²) in [7, 11) is -3.29. The molecule has 0 spiro atoms. The Labute approximate surface area is 120 Å². The molecule has 112 valence electrons. The number of carbonyl (C=O) groups excluding carboxylic acids is 1. The van der Waals surface area contributed by atoms with Crippen molar-refractivity contribution < 1.29 is 13.2 Å². The van der Waals surface area contributed by atoms with Gasteiger partial charge in [-0.25, -0.2) is 8.42 Å². The smallest absolute Gasteiger partial charge is 0.251 e. The van der Waals surface area contributed by atoms with E-state index in [1.165, 1.54) is 0 Å². The molecule has 0 aliphatic carbocycles. The lowest BCUT2D eigenvalue weighted by atomic mass is 10.2. The van der Waals surface area contributed by atoms with Crippen molar-refractivity contribution in [3.8, 4) is 0 Å². The van der Waals surface area contributed by atoms with Gasteiger partial charge in [0.25, 0.3) is 5.91 Å². The zero-order valence-corrected chi connectivity index (χ0v) is 12.6. The Morgan fingerprint density at radius 3 is 2.30 bits per heavy atom. The molecule has 0 saturated carbocycles. The molecule has 0 aliphatic heterocycles. The minimum atomic E-state index is -3.29. The molecule has 3 N–H and O–H groups in total. The summed E-state index contributed by atoms with van der Waals surface area (Å²) in [5, 5.41) is 5.97. The maximum Gasteiger partial charge on any atom is 0.251 e. The minimum Gasteiger partial charge on any atom is -0.351 e. The number of sulfonamides is 1. The number of hydrogen-bond donors (Lipinski definition) is 3. The standard InChI is InChI=1S/C13H21N3O3S/c1-3-8-14-9-10-15-13(17)11-4-6-12(7-5-11)16-20(2,18)19/h4-7,14,16H,3,8-10H2,1-2H3,(H,15,17). The van der Waals surface area contributed by atoms with E-state index in [2.05, 4.69) is 22.3 Å². The number of carbonyl (C=O) groups is 1. The van der Waals surface area contributed by atoms with Crippen LogP contribution in [0.15, 0.2) is 24.3 Å². The first-order valence-electron chi connectivity index (χ1n) is 6.49. The molecule has 0 radical (unpaired) electrons. The summed E-state index contributed by atoms with van der Waals surface area (Å²) in [6.45, 7) is 4.30. The predicted molar refractivity (Wildman–Crippen MR) is 80.4 cm³/mol. The van der Waals surface area contributed by atoms with Crippen LogP contribution in [-0.2, 0) is 10.0 Å². The molecular weight excluding hydrogens is 278 g/mol. The van der Waals surface area contributed by atoms with Crippen LogP contribution in [0.4, 0.5) is 5.69 Å². The zero-order chi connectivity index (χ0) is 15.0. The van der Waals surface area contributed by atoms with E-state index in [-0.39, 0.29) is 5.91 Å². The van der Waals surface area contributed by atoms with E-state index in [4.69, 9.17) is 0 Å².